The molecule has 0 bridgehead atoms. The Bertz CT molecular complexity index is 882. The highest BCUT2D eigenvalue weighted by Gasteiger charge is 2.22. The first-order chi connectivity index (χ1) is 13.6. The summed E-state index contributed by atoms with van der Waals surface area (Å²) in [5.74, 6) is 0.121. The molecule has 0 saturated carbocycles. The lowest BCUT2D eigenvalue weighted by Crippen LogP contribution is -2.26. The molecule has 28 heavy (non-hydrogen) atoms. The van der Waals surface area contributed by atoms with Crippen molar-refractivity contribution in [3.05, 3.63) is 102 Å². The standard InChI is InChI=1S/C24H24N2O2/c1-18(2)28-22-16-10-9-15-21(22)17-25-26-24(27)23(19-11-5-3-6-12-19)20-13-7-4-8-14-20/h3-18,23H,1-2H3,(H,26,27)/b25-17-. The van der Waals surface area contributed by atoms with Gasteiger partial charge in [-0.05, 0) is 37.1 Å². The molecular weight excluding hydrogens is 348 g/mol. The summed E-state index contributed by atoms with van der Waals surface area (Å²) in [7, 11) is 0. The maximum Gasteiger partial charge on any atom is 0.252 e. The van der Waals surface area contributed by atoms with E-state index in [1.807, 2.05) is 98.8 Å². The molecule has 1 amide bonds. The number of benzene rings is 3. The van der Waals surface area contributed by atoms with Crippen LogP contribution >= 0.6 is 0 Å². The van der Waals surface area contributed by atoms with Gasteiger partial charge in [-0.1, -0.05) is 72.8 Å². The van der Waals surface area contributed by atoms with Crippen molar-refractivity contribution in [1.82, 2.24) is 5.43 Å². The average Bonchev–Trinajstić information content (AvgIpc) is 2.71. The van der Waals surface area contributed by atoms with Gasteiger partial charge in [0.05, 0.1) is 18.2 Å². The molecule has 0 heterocycles. The Balaban J connectivity index is 1.79. The minimum absolute atomic E-state index is 0.0599. The highest BCUT2D eigenvalue weighted by Crippen LogP contribution is 2.24. The number of ether oxygens (including phenoxy) is 1. The molecule has 1 N–H and O–H groups in total. The smallest absolute Gasteiger partial charge is 0.252 e. The van der Waals surface area contributed by atoms with Crippen molar-refractivity contribution in [2.24, 2.45) is 5.10 Å². The Morgan fingerprint density at radius 2 is 1.39 bits per heavy atom. The lowest BCUT2D eigenvalue weighted by Gasteiger charge is -2.16. The summed E-state index contributed by atoms with van der Waals surface area (Å²) in [5, 5.41) is 4.18. The fraction of sp³-hybridized carbons (Fsp3) is 0.167. The normalized spacial score (nSPS) is 11.1. The van der Waals surface area contributed by atoms with E-state index in [1.54, 1.807) is 6.21 Å². The quantitative estimate of drug-likeness (QED) is 0.480. The molecule has 0 unspecified atom stereocenters. The molecule has 0 spiro atoms. The third-order valence-corrected chi connectivity index (χ3v) is 4.19. The molecule has 0 aromatic heterocycles. The Morgan fingerprint density at radius 3 is 1.96 bits per heavy atom. The van der Waals surface area contributed by atoms with E-state index in [4.69, 9.17) is 4.74 Å². The molecule has 142 valence electrons. The number of carbonyl (C=O) groups excluding carboxylic acids is 1. The number of hydrazone groups is 1. The van der Waals surface area contributed by atoms with Gasteiger partial charge in [-0.2, -0.15) is 5.10 Å². The van der Waals surface area contributed by atoms with Crippen LogP contribution in [0.2, 0.25) is 0 Å². The third-order valence-electron chi connectivity index (χ3n) is 4.19. The number of para-hydroxylation sites is 1. The van der Waals surface area contributed by atoms with Gasteiger partial charge in [0.1, 0.15) is 5.75 Å². The van der Waals surface area contributed by atoms with E-state index < -0.39 is 5.92 Å². The maximum absolute atomic E-state index is 12.9. The minimum atomic E-state index is -0.429. The van der Waals surface area contributed by atoms with Crippen molar-refractivity contribution in [2.75, 3.05) is 0 Å². The highest BCUT2D eigenvalue weighted by atomic mass is 16.5. The second-order valence-electron chi connectivity index (χ2n) is 6.69. The fourth-order valence-electron chi connectivity index (χ4n) is 2.96. The molecule has 4 nitrogen and oxygen atoms in total. The Kier molecular flexibility index (Phi) is 6.58. The fourth-order valence-corrected chi connectivity index (χ4v) is 2.96. The van der Waals surface area contributed by atoms with Crippen LogP contribution < -0.4 is 10.2 Å². The van der Waals surface area contributed by atoms with Crippen molar-refractivity contribution in [2.45, 2.75) is 25.9 Å². The van der Waals surface area contributed by atoms with E-state index in [-0.39, 0.29) is 12.0 Å². The zero-order valence-electron chi connectivity index (χ0n) is 16.1. The first-order valence-electron chi connectivity index (χ1n) is 9.33. The highest BCUT2D eigenvalue weighted by molar-refractivity contribution is 5.89. The number of nitrogens with zero attached hydrogens (tertiary/aromatic N) is 1. The SMILES string of the molecule is CC(C)Oc1ccccc1/C=N\NC(=O)C(c1ccccc1)c1ccccc1. The number of amides is 1. The molecule has 3 aromatic carbocycles. The molecule has 4 heteroatoms. The van der Waals surface area contributed by atoms with Crippen LogP contribution in [0.3, 0.4) is 0 Å². The molecule has 0 radical (unpaired) electrons. The summed E-state index contributed by atoms with van der Waals surface area (Å²) in [5.41, 5.74) is 5.34. The molecule has 0 aliphatic carbocycles. The van der Waals surface area contributed by atoms with Crippen LogP contribution in [0.5, 0.6) is 5.75 Å². The monoisotopic (exact) mass is 372 g/mol. The largest absolute Gasteiger partial charge is 0.490 e. The summed E-state index contributed by atoms with van der Waals surface area (Å²) < 4.78 is 5.79. The van der Waals surface area contributed by atoms with Gasteiger partial charge in [0.2, 0.25) is 0 Å². The van der Waals surface area contributed by atoms with E-state index >= 15 is 0 Å². The molecule has 3 aromatic rings. The number of rotatable bonds is 7. The third kappa shape index (κ3) is 5.07. The van der Waals surface area contributed by atoms with E-state index in [1.165, 1.54) is 0 Å². The van der Waals surface area contributed by atoms with Crippen molar-refractivity contribution in [3.63, 3.8) is 0 Å². The molecule has 0 fully saturated rings. The van der Waals surface area contributed by atoms with Gasteiger partial charge >= 0.3 is 0 Å². The first-order valence-corrected chi connectivity index (χ1v) is 9.33. The van der Waals surface area contributed by atoms with Crippen LogP contribution in [-0.2, 0) is 4.79 Å². The summed E-state index contributed by atoms with van der Waals surface area (Å²) in [6.07, 6.45) is 1.67. The minimum Gasteiger partial charge on any atom is -0.490 e. The predicted octanol–water partition coefficient (Wildman–Crippen LogP) is 4.76. The van der Waals surface area contributed by atoms with Gasteiger partial charge in [0, 0.05) is 5.56 Å². The van der Waals surface area contributed by atoms with E-state index in [0.29, 0.717) is 0 Å². The predicted molar refractivity (Wildman–Crippen MR) is 113 cm³/mol. The molecule has 3 rings (SSSR count). The molecule has 0 saturated heterocycles. The summed E-state index contributed by atoms with van der Waals surface area (Å²) in [4.78, 5) is 12.9. The Hall–Kier alpha value is -3.40. The molecule has 0 aliphatic rings. The summed E-state index contributed by atoms with van der Waals surface area (Å²) >= 11 is 0. The van der Waals surface area contributed by atoms with Crippen LogP contribution in [-0.4, -0.2) is 18.2 Å². The van der Waals surface area contributed by atoms with Gasteiger partial charge < -0.3 is 4.74 Å². The summed E-state index contributed by atoms with van der Waals surface area (Å²) in [6, 6.07) is 27.0. The zero-order valence-corrected chi connectivity index (χ0v) is 16.1. The number of hydrogen-bond donors (Lipinski definition) is 1. The van der Waals surface area contributed by atoms with Crippen LogP contribution in [0, 0.1) is 0 Å². The lowest BCUT2D eigenvalue weighted by molar-refractivity contribution is -0.121. The van der Waals surface area contributed by atoms with E-state index in [0.717, 1.165) is 22.4 Å². The Morgan fingerprint density at radius 1 is 0.857 bits per heavy atom. The second kappa shape index (κ2) is 9.51. The zero-order chi connectivity index (χ0) is 19.8. The second-order valence-corrected chi connectivity index (χ2v) is 6.69. The van der Waals surface area contributed by atoms with Gasteiger partial charge in [-0.3, -0.25) is 4.79 Å². The first kappa shape index (κ1) is 19.4. The van der Waals surface area contributed by atoms with E-state index in [2.05, 4.69) is 10.5 Å². The average molecular weight is 372 g/mol. The number of carbonyl (C=O) groups is 1. The van der Waals surface area contributed by atoms with E-state index in [9.17, 15) is 4.79 Å². The lowest BCUT2D eigenvalue weighted by atomic mass is 9.91. The topological polar surface area (TPSA) is 50.7 Å². The summed E-state index contributed by atoms with van der Waals surface area (Å²) in [6.45, 7) is 3.94. The van der Waals surface area contributed by atoms with Crippen molar-refractivity contribution >= 4 is 12.1 Å². The van der Waals surface area contributed by atoms with Crippen molar-refractivity contribution < 1.29 is 9.53 Å². The van der Waals surface area contributed by atoms with Gasteiger partial charge in [-0.25, -0.2) is 5.43 Å². The van der Waals surface area contributed by atoms with Crippen molar-refractivity contribution in [3.8, 4) is 5.75 Å². The maximum atomic E-state index is 12.9. The molecule has 0 atom stereocenters. The van der Waals surface area contributed by atoms with Crippen LogP contribution in [0.4, 0.5) is 0 Å². The molecular formula is C24H24N2O2. The van der Waals surface area contributed by atoms with Crippen molar-refractivity contribution in [1.29, 1.82) is 0 Å². The van der Waals surface area contributed by atoms with Crippen LogP contribution in [0.1, 0.15) is 36.5 Å². The van der Waals surface area contributed by atoms with Gasteiger partial charge in [0.15, 0.2) is 0 Å². The Labute approximate surface area is 165 Å². The number of hydrogen-bond acceptors (Lipinski definition) is 3. The number of nitrogens with one attached hydrogen (secondary N) is 1. The van der Waals surface area contributed by atoms with Crippen LogP contribution in [0.15, 0.2) is 90.0 Å². The van der Waals surface area contributed by atoms with Gasteiger partial charge in [-0.15, -0.1) is 0 Å². The van der Waals surface area contributed by atoms with Gasteiger partial charge in [0.25, 0.3) is 5.91 Å². The van der Waals surface area contributed by atoms with Crippen LogP contribution in [0.25, 0.3) is 0 Å². The molecule has 0 aliphatic heterocycles.